The Balaban J connectivity index is 1.89. The first-order valence-corrected chi connectivity index (χ1v) is 9.66. The van der Waals surface area contributed by atoms with E-state index in [1.165, 1.54) is 13.4 Å². The average Bonchev–Trinajstić information content (AvgIpc) is 3.19. The van der Waals surface area contributed by atoms with Crippen LogP contribution in [-0.4, -0.2) is 32.8 Å². The lowest BCUT2D eigenvalue weighted by Crippen LogP contribution is -2.14. The van der Waals surface area contributed by atoms with Gasteiger partial charge in [-0.25, -0.2) is 14.4 Å². The molecule has 160 valence electrons. The summed E-state index contributed by atoms with van der Waals surface area (Å²) in [5, 5.41) is 7.90. The highest BCUT2D eigenvalue weighted by Crippen LogP contribution is 2.37. The van der Waals surface area contributed by atoms with E-state index in [4.69, 9.17) is 4.74 Å². The number of aromatic nitrogens is 4. The van der Waals surface area contributed by atoms with Crippen molar-refractivity contribution in [2.45, 2.75) is 0 Å². The molecule has 2 heterocycles. The van der Waals surface area contributed by atoms with Gasteiger partial charge in [0.15, 0.2) is 0 Å². The Morgan fingerprint density at radius 2 is 1.88 bits per heavy atom. The Hall–Kier alpha value is -4.33. The molecule has 0 saturated heterocycles. The number of hydrogen-bond donors (Lipinski definition) is 1. The molecule has 2 aromatic carbocycles. The number of carbonyl (C=O) groups is 1. The van der Waals surface area contributed by atoms with Gasteiger partial charge in [0, 0.05) is 35.8 Å². The molecular weight excluding hydrogens is 409 g/mol. The second-order valence-corrected chi connectivity index (χ2v) is 7.06. The predicted molar refractivity (Wildman–Crippen MR) is 122 cm³/mol. The molecular formula is C24H20FN5O2. The van der Waals surface area contributed by atoms with Gasteiger partial charge in [-0.1, -0.05) is 43.5 Å². The van der Waals surface area contributed by atoms with Crippen molar-refractivity contribution in [3.8, 4) is 28.3 Å². The molecule has 0 unspecified atom stereocenters. The number of benzene rings is 2. The van der Waals surface area contributed by atoms with Gasteiger partial charge in [-0.15, -0.1) is 0 Å². The van der Waals surface area contributed by atoms with Crippen LogP contribution in [0.3, 0.4) is 0 Å². The minimum absolute atomic E-state index is 0.327. The van der Waals surface area contributed by atoms with Crippen LogP contribution in [0.4, 0.5) is 10.1 Å². The number of aryl methyl sites for hydroxylation is 1. The zero-order chi connectivity index (χ0) is 22.8. The number of ether oxygens (including phenoxy) is 1. The molecule has 0 bridgehead atoms. The summed E-state index contributed by atoms with van der Waals surface area (Å²) in [4.78, 5) is 21.2. The lowest BCUT2D eigenvalue weighted by atomic mass is 10.0. The first kappa shape index (κ1) is 20.9. The van der Waals surface area contributed by atoms with E-state index in [2.05, 4.69) is 33.5 Å². The Morgan fingerprint density at radius 3 is 2.56 bits per heavy atom. The highest BCUT2D eigenvalue weighted by atomic mass is 19.1. The third-order valence-electron chi connectivity index (χ3n) is 4.94. The van der Waals surface area contributed by atoms with Crippen LogP contribution in [0.15, 0.2) is 79.5 Å². The molecule has 0 spiro atoms. The minimum Gasteiger partial charge on any atom is -0.494 e. The summed E-state index contributed by atoms with van der Waals surface area (Å²) in [6.07, 6.45) is 3.34. The molecule has 4 aromatic rings. The molecule has 0 aliphatic rings. The predicted octanol–water partition coefficient (Wildman–Crippen LogP) is 4.68. The quantitative estimate of drug-likeness (QED) is 0.355. The topological polar surface area (TPSA) is 81.9 Å². The lowest BCUT2D eigenvalue weighted by molar-refractivity contribution is -0.112. The molecule has 0 atom stereocenters. The number of fused-ring (bicyclic) bond motifs is 1. The molecule has 0 saturated carbocycles. The van der Waals surface area contributed by atoms with Crippen LogP contribution < -0.4 is 10.1 Å². The number of halogens is 1. The highest BCUT2D eigenvalue weighted by molar-refractivity contribution is 6.08. The molecule has 0 radical (unpaired) electrons. The Labute approximate surface area is 183 Å². The lowest BCUT2D eigenvalue weighted by Gasteiger charge is -2.13. The first-order valence-electron chi connectivity index (χ1n) is 9.66. The highest BCUT2D eigenvalue weighted by Gasteiger charge is 2.19. The molecule has 1 amide bonds. The number of anilines is 1. The summed E-state index contributed by atoms with van der Waals surface area (Å²) in [5.41, 5.74) is 3.71. The number of nitrogens with zero attached hydrogens (tertiary/aromatic N) is 4. The Bertz CT molecular complexity index is 1360. The van der Waals surface area contributed by atoms with Crippen LogP contribution in [0.2, 0.25) is 0 Å². The van der Waals surface area contributed by atoms with Gasteiger partial charge in [-0.2, -0.15) is 5.10 Å². The normalized spacial score (nSPS) is 10.7. The van der Waals surface area contributed by atoms with Gasteiger partial charge in [0.2, 0.25) is 0 Å². The van der Waals surface area contributed by atoms with Crippen molar-refractivity contribution in [1.82, 2.24) is 19.7 Å². The van der Waals surface area contributed by atoms with E-state index >= 15 is 0 Å². The van der Waals surface area contributed by atoms with E-state index in [1.54, 1.807) is 16.8 Å². The molecule has 0 fully saturated rings. The number of rotatable bonds is 6. The van der Waals surface area contributed by atoms with Gasteiger partial charge in [0.1, 0.15) is 23.6 Å². The third-order valence-corrected chi connectivity index (χ3v) is 4.94. The van der Waals surface area contributed by atoms with Crippen LogP contribution in [0, 0.1) is 0 Å². The maximum absolute atomic E-state index is 13.4. The van der Waals surface area contributed by atoms with Gasteiger partial charge in [0.05, 0.1) is 29.6 Å². The molecule has 7 nitrogen and oxygen atoms in total. The van der Waals surface area contributed by atoms with Crippen molar-refractivity contribution in [3.63, 3.8) is 0 Å². The summed E-state index contributed by atoms with van der Waals surface area (Å²) in [6, 6.07) is 13.1. The van der Waals surface area contributed by atoms with Crippen LogP contribution >= 0.6 is 0 Å². The van der Waals surface area contributed by atoms with Crippen molar-refractivity contribution in [3.05, 3.63) is 79.5 Å². The SMILES string of the molecule is C=C(F)C(=C)C(=O)Nc1cc2c(-c3cn(C)nc3-c3ccccc3)ncnc2cc1OC. The molecule has 0 aliphatic heterocycles. The smallest absolute Gasteiger partial charge is 0.258 e. The monoisotopic (exact) mass is 429 g/mol. The van der Waals surface area contributed by atoms with E-state index in [-0.39, 0.29) is 5.57 Å². The van der Waals surface area contributed by atoms with Crippen LogP contribution in [0.5, 0.6) is 5.75 Å². The van der Waals surface area contributed by atoms with E-state index in [1.807, 2.05) is 43.6 Å². The van der Waals surface area contributed by atoms with Crippen molar-refractivity contribution in [2.75, 3.05) is 12.4 Å². The van der Waals surface area contributed by atoms with Crippen LogP contribution in [0.1, 0.15) is 0 Å². The minimum atomic E-state index is -0.908. The van der Waals surface area contributed by atoms with Gasteiger partial charge in [-0.3, -0.25) is 9.48 Å². The first-order chi connectivity index (χ1) is 15.4. The van der Waals surface area contributed by atoms with E-state index in [0.29, 0.717) is 28.0 Å². The third kappa shape index (κ3) is 3.85. The van der Waals surface area contributed by atoms with Crippen molar-refractivity contribution in [2.24, 2.45) is 7.05 Å². The summed E-state index contributed by atoms with van der Waals surface area (Å²) in [7, 11) is 3.31. The number of methoxy groups -OCH3 is 1. The van der Waals surface area contributed by atoms with Gasteiger partial charge >= 0.3 is 0 Å². The largest absolute Gasteiger partial charge is 0.494 e. The van der Waals surface area contributed by atoms with Gasteiger partial charge in [-0.05, 0) is 6.07 Å². The fourth-order valence-electron chi connectivity index (χ4n) is 3.36. The maximum Gasteiger partial charge on any atom is 0.258 e. The summed E-state index contributed by atoms with van der Waals surface area (Å²) in [5.74, 6) is -1.27. The van der Waals surface area contributed by atoms with Crippen molar-refractivity contribution < 1.29 is 13.9 Å². The number of carbonyl (C=O) groups excluding carboxylic acids is 1. The standard InChI is InChI=1S/C24H20FN5O2/c1-14(15(2)25)24(31)28-20-10-17-19(11-21(20)32-4)26-13-27-23(17)18-12-30(3)29-22(18)16-8-6-5-7-9-16/h5-13H,1-2H2,3-4H3,(H,28,31). The van der Waals surface area contributed by atoms with E-state index in [0.717, 1.165) is 16.8 Å². The van der Waals surface area contributed by atoms with Crippen molar-refractivity contribution in [1.29, 1.82) is 0 Å². The number of amides is 1. The summed E-state index contributed by atoms with van der Waals surface area (Å²) < 4.78 is 20.5. The Morgan fingerprint density at radius 1 is 1.12 bits per heavy atom. The van der Waals surface area contributed by atoms with Crippen LogP contribution in [-0.2, 0) is 11.8 Å². The molecule has 8 heteroatoms. The second kappa shape index (κ2) is 8.43. The van der Waals surface area contributed by atoms with Crippen molar-refractivity contribution >= 4 is 22.5 Å². The molecule has 4 rings (SSSR count). The zero-order valence-corrected chi connectivity index (χ0v) is 17.6. The fourth-order valence-corrected chi connectivity index (χ4v) is 3.36. The van der Waals surface area contributed by atoms with Crippen LogP contribution in [0.25, 0.3) is 33.4 Å². The maximum atomic E-state index is 13.4. The van der Waals surface area contributed by atoms with E-state index in [9.17, 15) is 9.18 Å². The molecule has 1 N–H and O–H groups in total. The zero-order valence-electron chi connectivity index (χ0n) is 17.6. The van der Waals surface area contributed by atoms with Gasteiger partial charge in [0.25, 0.3) is 5.91 Å². The average molecular weight is 429 g/mol. The summed E-state index contributed by atoms with van der Waals surface area (Å²) in [6.45, 7) is 6.54. The fraction of sp³-hybridized carbons (Fsp3) is 0.0833. The molecule has 32 heavy (non-hydrogen) atoms. The number of nitrogens with one attached hydrogen (secondary N) is 1. The second-order valence-electron chi connectivity index (χ2n) is 7.06. The number of hydrogen-bond acceptors (Lipinski definition) is 5. The summed E-state index contributed by atoms with van der Waals surface area (Å²) >= 11 is 0. The van der Waals surface area contributed by atoms with E-state index < -0.39 is 11.7 Å². The molecule has 0 aliphatic carbocycles. The molecule has 2 aromatic heterocycles. The van der Waals surface area contributed by atoms with Gasteiger partial charge < -0.3 is 10.1 Å². The Kier molecular flexibility index (Phi) is 5.51.